The lowest BCUT2D eigenvalue weighted by Crippen LogP contribution is -2.33. The van der Waals surface area contributed by atoms with Crippen LogP contribution in [0.25, 0.3) is 0 Å². The van der Waals surface area contributed by atoms with E-state index in [0.29, 0.717) is 31.2 Å². The zero-order valence-electron chi connectivity index (χ0n) is 16.0. The van der Waals surface area contributed by atoms with E-state index in [4.69, 9.17) is 4.74 Å². The first-order valence-corrected chi connectivity index (χ1v) is 10.0. The van der Waals surface area contributed by atoms with Gasteiger partial charge in [-0.25, -0.2) is 9.37 Å². The molecular weight excluding hydrogens is 375 g/mol. The van der Waals surface area contributed by atoms with Crippen LogP contribution in [0.5, 0.6) is 5.75 Å². The molecule has 0 fully saturated rings. The van der Waals surface area contributed by atoms with E-state index in [2.05, 4.69) is 18.8 Å². The van der Waals surface area contributed by atoms with E-state index in [1.807, 2.05) is 35.7 Å². The molecule has 0 aliphatic rings. The molecule has 1 aromatic heterocycles. The van der Waals surface area contributed by atoms with Gasteiger partial charge in [-0.15, -0.1) is 11.3 Å². The molecule has 0 spiro atoms. The number of carbonyl (C=O) groups excluding carboxylic acids is 1. The van der Waals surface area contributed by atoms with Crippen LogP contribution in [0.2, 0.25) is 0 Å². The van der Waals surface area contributed by atoms with Crippen LogP contribution >= 0.6 is 11.3 Å². The van der Waals surface area contributed by atoms with E-state index >= 15 is 0 Å². The fourth-order valence-corrected chi connectivity index (χ4v) is 3.48. The van der Waals surface area contributed by atoms with Gasteiger partial charge in [0.1, 0.15) is 23.2 Å². The van der Waals surface area contributed by atoms with Crippen LogP contribution in [0.3, 0.4) is 0 Å². The van der Waals surface area contributed by atoms with Gasteiger partial charge in [0.05, 0.1) is 12.2 Å². The van der Waals surface area contributed by atoms with Crippen molar-refractivity contribution in [2.75, 3.05) is 6.54 Å². The number of carbonyl (C=O) groups is 1. The number of thiazole rings is 1. The second-order valence-corrected chi connectivity index (χ2v) is 7.86. The Morgan fingerprint density at radius 2 is 1.86 bits per heavy atom. The van der Waals surface area contributed by atoms with Crippen LogP contribution < -0.4 is 4.74 Å². The van der Waals surface area contributed by atoms with Gasteiger partial charge in [-0.3, -0.25) is 4.79 Å². The van der Waals surface area contributed by atoms with E-state index in [1.165, 1.54) is 35.6 Å². The maximum Gasteiger partial charge on any atom is 0.254 e. The molecule has 0 saturated carbocycles. The van der Waals surface area contributed by atoms with E-state index < -0.39 is 0 Å². The van der Waals surface area contributed by atoms with E-state index in [0.717, 1.165) is 16.5 Å². The number of amides is 1. The summed E-state index contributed by atoms with van der Waals surface area (Å²) in [6.07, 6.45) is 0. The van der Waals surface area contributed by atoms with Crippen LogP contribution in [-0.4, -0.2) is 22.3 Å². The molecule has 3 rings (SSSR count). The van der Waals surface area contributed by atoms with E-state index in [-0.39, 0.29) is 11.7 Å². The normalized spacial score (nSPS) is 10.9. The molecule has 0 bridgehead atoms. The lowest BCUT2D eigenvalue weighted by Gasteiger charge is -2.24. The van der Waals surface area contributed by atoms with E-state index in [1.54, 1.807) is 4.90 Å². The van der Waals surface area contributed by atoms with Crippen molar-refractivity contribution in [3.8, 4) is 5.75 Å². The molecule has 0 saturated heterocycles. The van der Waals surface area contributed by atoms with Gasteiger partial charge < -0.3 is 9.64 Å². The molecule has 4 nitrogen and oxygen atoms in total. The van der Waals surface area contributed by atoms with Crippen LogP contribution in [0.1, 0.15) is 34.9 Å². The highest BCUT2D eigenvalue weighted by molar-refractivity contribution is 7.09. The summed E-state index contributed by atoms with van der Waals surface area (Å²) in [6.45, 7) is 5.53. The van der Waals surface area contributed by atoms with E-state index in [9.17, 15) is 9.18 Å². The maximum absolute atomic E-state index is 13.2. The number of benzene rings is 2. The first-order valence-electron chi connectivity index (χ1n) is 9.17. The van der Waals surface area contributed by atoms with Crippen molar-refractivity contribution in [2.45, 2.75) is 27.0 Å². The largest absolute Gasteiger partial charge is 0.486 e. The Morgan fingerprint density at radius 1 is 1.14 bits per heavy atom. The standard InChI is InChI=1S/C22H23FN2O2S/c1-16(2)12-25(22(26)17-8-10-18(23)11-9-17)13-19-15-28-21(24-19)14-27-20-6-4-3-5-7-20/h3-11,15-16H,12-14H2,1-2H3. The molecule has 6 heteroatoms. The highest BCUT2D eigenvalue weighted by Crippen LogP contribution is 2.18. The molecule has 0 radical (unpaired) electrons. The van der Waals surface area contributed by atoms with Gasteiger partial charge in [0, 0.05) is 17.5 Å². The molecule has 146 valence electrons. The smallest absolute Gasteiger partial charge is 0.254 e. The molecule has 1 heterocycles. The summed E-state index contributed by atoms with van der Waals surface area (Å²) in [5, 5.41) is 2.81. The minimum atomic E-state index is -0.352. The fraction of sp³-hybridized carbons (Fsp3) is 0.273. The average molecular weight is 399 g/mol. The molecule has 3 aromatic rings. The summed E-state index contributed by atoms with van der Waals surface area (Å²) in [6, 6.07) is 15.2. The molecular formula is C22H23FN2O2S. The van der Waals surface area contributed by atoms with Crippen molar-refractivity contribution in [3.63, 3.8) is 0 Å². The SMILES string of the molecule is CC(C)CN(Cc1csc(COc2ccccc2)n1)C(=O)c1ccc(F)cc1. The third-order valence-electron chi connectivity index (χ3n) is 4.02. The van der Waals surface area contributed by atoms with Gasteiger partial charge in [-0.2, -0.15) is 0 Å². The maximum atomic E-state index is 13.2. The Morgan fingerprint density at radius 3 is 2.54 bits per heavy atom. The number of ether oxygens (including phenoxy) is 1. The Labute approximate surface area is 168 Å². The predicted molar refractivity (Wildman–Crippen MR) is 109 cm³/mol. The number of halogens is 1. The molecule has 0 atom stereocenters. The summed E-state index contributed by atoms with van der Waals surface area (Å²) in [5.41, 5.74) is 1.30. The highest BCUT2D eigenvalue weighted by Gasteiger charge is 2.19. The molecule has 28 heavy (non-hydrogen) atoms. The fourth-order valence-electron chi connectivity index (χ4n) is 2.78. The Bertz CT molecular complexity index is 894. The summed E-state index contributed by atoms with van der Waals surface area (Å²) >= 11 is 1.52. The summed E-state index contributed by atoms with van der Waals surface area (Å²) in [4.78, 5) is 19.2. The van der Waals surface area contributed by atoms with Crippen LogP contribution in [-0.2, 0) is 13.2 Å². The van der Waals surface area contributed by atoms with Crippen molar-refractivity contribution in [3.05, 3.63) is 82.1 Å². The van der Waals surface area contributed by atoms with Gasteiger partial charge in [-0.1, -0.05) is 32.0 Å². The number of para-hydroxylation sites is 1. The van der Waals surface area contributed by atoms with Gasteiger partial charge in [0.25, 0.3) is 5.91 Å². The molecule has 0 unspecified atom stereocenters. The summed E-state index contributed by atoms with van der Waals surface area (Å²) < 4.78 is 18.9. The monoisotopic (exact) mass is 398 g/mol. The zero-order valence-corrected chi connectivity index (χ0v) is 16.8. The second kappa shape index (κ2) is 9.46. The number of nitrogens with zero attached hydrogens (tertiary/aromatic N) is 2. The minimum Gasteiger partial charge on any atom is -0.486 e. The summed E-state index contributed by atoms with van der Waals surface area (Å²) in [5.74, 6) is 0.634. The molecule has 0 N–H and O–H groups in total. The second-order valence-electron chi connectivity index (χ2n) is 6.92. The number of aromatic nitrogens is 1. The first-order chi connectivity index (χ1) is 13.5. The highest BCUT2D eigenvalue weighted by atomic mass is 32.1. The summed E-state index contributed by atoms with van der Waals surface area (Å²) in [7, 11) is 0. The van der Waals surface area contributed by atoms with Crippen molar-refractivity contribution in [2.24, 2.45) is 5.92 Å². The Hall–Kier alpha value is -2.73. The molecule has 0 aliphatic heterocycles. The van der Waals surface area contributed by atoms with Gasteiger partial charge in [0.15, 0.2) is 0 Å². The lowest BCUT2D eigenvalue weighted by atomic mass is 10.1. The first kappa shape index (κ1) is 20.0. The van der Waals surface area contributed by atoms with Crippen molar-refractivity contribution >= 4 is 17.2 Å². The zero-order chi connectivity index (χ0) is 19.9. The van der Waals surface area contributed by atoms with Crippen molar-refractivity contribution in [1.82, 2.24) is 9.88 Å². The van der Waals surface area contributed by atoms with Crippen LogP contribution in [0.4, 0.5) is 4.39 Å². The number of hydrogen-bond donors (Lipinski definition) is 0. The van der Waals surface area contributed by atoms with Crippen molar-refractivity contribution < 1.29 is 13.9 Å². The lowest BCUT2D eigenvalue weighted by molar-refractivity contribution is 0.0720. The quantitative estimate of drug-likeness (QED) is 0.526. The third-order valence-corrected chi connectivity index (χ3v) is 4.89. The Balaban J connectivity index is 1.66. The van der Waals surface area contributed by atoms with Crippen LogP contribution in [0, 0.1) is 11.7 Å². The van der Waals surface area contributed by atoms with Gasteiger partial charge in [-0.05, 0) is 42.3 Å². The average Bonchev–Trinajstić information content (AvgIpc) is 3.14. The molecule has 2 aromatic carbocycles. The topological polar surface area (TPSA) is 42.4 Å². The van der Waals surface area contributed by atoms with Crippen LogP contribution in [0.15, 0.2) is 60.0 Å². The van der Waals surface area contributed by atoms with Gasteiger partial charge in [0.2, 0.25) is 0 Å². The van der Waals surface area contributed by atoms with Crippen molar-refractivity contribution in [1.29, 1.82) is 0 Å². The minimum absolute atomic E-state index is 0.121. The third kappa shape index (κ3) is 5.63. The molecule has 0 aliphatic carbocycles. The number of hydrogen-bond acceptors (Lipinski definition) is 4. The Kier molecular flexibility index (Phi) is 6.76. The predicted octanol–water partition coefficient (Wildman–Crippen LogP) is 5.16. The van der Waals surface area contributed by atoms with Gasteiger partial charge >= 0.3 is 0 Å². The number of rotatable bonds is 8. The molecule has 1 amide bonds.